The fraction of sp³-hybridized carbons (Fsp3) is 0.583. The summed E-state index contributed by atoms with van der Waals surface area (Å²) in [5, 5.41) is 0.917. The minimum Gasteiger partial charge on any atom is -0.466 e. The van der Waals surface area contributed by atoms with E-state index in [1.165, 1.54) is 0 Å². The lowest BCUT2D eigenvalue weighted by Gasteiger charge is -2.19. The van der Waals surface area contributed by atoms with Crippen LogP contribution in [0.25, 0.3) is 0 Å². The van der Waals surface area contributed by atoms with Crippen molar-refractivity contribution in [1.82, 2.24) is 4.90 Å². The SMILES string of the molecule is CCN(CCCBr)C(=O)c1cc(C)oc1C. The minimum absolute atomic E-state index is 0.0674. The normalized spacial score (nSPS) is 10.5. The van der Waals surface area contributed by atoms with Gasteiger partial charge in [-0.1, -0.05) is 15.9 Å². The molecule has 0 N–H and O–H groups in total. The Morgan fingerprint density at radius 3 is 2.62 bits per heavy atom. The van der Waals surface area contributed by atoms with E-state index in [1.54, 1.807) is 0 Å². The highest BCUT2D eigenvalue weighted by Gasteiger charge is 2.18. The summed E-state index contributed by atoms with van der Waals surface area (Å²) in [6, 6.07) is 1.81. The molecule has 0 aliphatic heterocycles. The zero-order chi connectivity index (χ0) is 12.1. The number of furan rings is 1. The lowest BCUT2D eigenvalue weighted by Crippen LogP contribution is -2.32. The average molecular weight is 288 g/mol. The highest BCUT2D eigenvalue weighted by atomic mass is 79.9. The van der Waals surface area contributed by atoms with Gasteiger partial charge in [0.2, 0.25) is 0 Å². The van der Waals surface area contributed by atoms with E-state index in [0.29, 0.717) is 11.3 Å². The highest BCUT2D eigenvalue weighted by molar-refractivity contribution is 9.09. The molecule has 0 saturated carbocycles. The van der Waals surface area contributed by atoms with Gasteiger partial charge in [-0.2, -0.15) is 0 Å². The number of alkyl halides is 1. The van der Waals surface area contributed by atoms with E-state index < -0.39 is 0 Å². The first-order valence-corrected chi connectivity index (χ1v) is 6.64. The van der Waals surface area contributed by atoms with E-state index in [2.05, 4.69) is 15.9 Å². The predicted octanol–water partition coefficient (Wildman–Crippen LogP) is 3.14. The third kappa shape index (κ3) is 3.11. The van der Waals surface area contributed by atoms with Crippen molar-refractivity contribution in [3.05, 3.63) is 23.2 Å². The number of aryl methyl sites for hydroxylation is 2. The van der Waals surface area contributed by atoms with Crippen LogP contribution in [0.5, 0.6) is 0 Å². The van der Waals surface area contributed by atoms with Gasteiger partial charge < -0.3 is 9.32 Å². The lowest BCUT2D eigenvalue weighted by molar-refractivity contribution is 0.0763. The van der Waals surface area contributed by atoms with Crippen LogP contribution < -0.4 is 0 Å². The van der Waals surface area contributed by atoms with Crippen LogP contribution in [-0.2, 0) is 0 Å². The maximum absolute atomic E-state index is 12.2. The summed E-state index contributed by atoms with van der Waals surface area (Å²) in [6.45, 7) is 7.20. The first-order chi connectivity index (χ1) is 7.60. The Balaban J connectivity index is 2.78. The van der Waals surface area contributed by atoms with Gasteiger partial charge in [-0.3, -0.25) is 4.79 Å². The molecule has 0 aliphatic carbocycles. The van der Waals surface area contributed by atoms with Crippen LogP contribution in [0, 0.1) is 13.8 Å². The number of carbonyl (C=O) groups excluding carboxylic acids is 1. The summed E-state index contributed by atoms with van der Waals surface area (Å²) in [6.07, 6.45) is 0.968. The summed E-state index contributed by atoms with van der Waals surface area (Å²) in [5.41, 5.74) is 0.689. The van der Waals surface area contributed by atoms with Gasteiger partial charge in [0.15, 0.2) is 0 Å². The molecule has 0 fully saturated rings. The van der Waals surface area contributed by atoms with Gasteiger partial charge in [0.05, 0.1) is 5.56 Å². The molecule has 1 amide bonds. The van der Waals surface area contributed by atoms with Crippen LogP contribution in [0.15, 0.2) is 10.5 Å². The fourth-order valence-corrected chi connectivity index (χ4v) is 1.92. The zero-order valence-corrected chi connectivity index (χ0v) is 11.6. The number of carbonyl (C=O) groups is 1. The Bertz CT molecular complexity index is 360. The molecule has 1 aromatic rings. The molecule has 0 aliphatic rings. The second kappa shape index (κ2) is 6.09. The summed E-state index contributed by atoms with van der Waals surface area (Å²) in [4.78, 5) is 14.0. The number of rotatable bonds is 5. The van der Waals surface area contributed by atoms with Crippen molar-refractivity contribution < 1.29 is 9.21 Å². The maximum Gasteiger partial charge on any atom is 0.257 e. The molecule has 0 aromatic carbocycles. The van der Waals surface area contributed by atoms with Gasteiger partial charge in [-0.05, 0) is 33.3 Å². The molecule has 3 nitrogen and oxygen atoms in total. The second-order valence-electron chi connectivity index (χ2n) is 3.75. The van der Waals surface area contributed by atoms with Crippen molar-refractivity contribution in [2.24, 2.45) is 0 Å². The molecular formula is C12H18BrNO2. The third-order valence-corrected chi connectivity index (χ3v) is 3.06. The molecule has 0 spiro atoms. The smallest absolute Gasteiger partial charge is 0.257 e. The van der Waals surface area contributed by atoms with E-state index in [-0.39, 0.29) is 5.91 Å². The Kier molecular flexibility index (Phi) is 5.06. The Morgan fingerprint density at radius 2 is 2.19 bits per heavy atom. The minimum atomic E-state index is 0.0674. The first kappa shape index (κ1) is 13.3. The van der Waals surface area contributed by atoms with Crippen LogP contribution in [0.1, 0.15) is 35.2 Å². The van der Waals surface area contributed by atoms with Crippen LogP contribution in [0.2, 0.25) is 0 Å². The van der Waals surface area contributed by atoms with Gasteiger partial charge >= 0.3 is 0 Å². The lowest BCUT2D eigenvalue weighted by atomic mass is 10.2. The number of hydrogen-bond donors (Lipinski definition) is 0. The maximum atomic E-state index is 12.2. The number of hydrogen-bond acceptors (Lipinski definition) is 2. The molecule has 1 heterocycles. The fourth-order valence-electron chi connectivity index (χ4n) is 1.67. The molecule has 1 rings (SSSR count). The van der Waals surface area contributed by atoms with Crippen molar-refractivity contribution in [3.63, 3.8) is 0 Å². The van der Waals surface area contributed by atoms with Gasteiger partial charge in [0, 0.05) is 18.4 Å². The van der Waals surface area contributed by atoms with Crippen molar-refractivity contribution >= 4 is 21.8 Å². The van der Waals surface area contributed by atoms with Crippen molar-refractivity contribution in [2.75, 3.05) is 18.4 Å². The monoisotopic (exact) mass is 287 g/mol. The quantitative estimate of drug-likeness (QED) is 0.780. The van der Waals surface area contributed by atoms with Gasteiger partial charge in [-0.15, -0.1) is 0 Å². The van der Waals surface area contributed by atoms with E-state index in [9.17, 15) is 4.79 Å². The van der Waals surface area contributed by atoms with E-state index in [0.717, 1.165) is 30.6 Å². The van der Waals surface area contributed by atoms with Crippen molar-refractivity contribution in [1.29, 1.82) is 0 Å². The van der Waals surface area contributed by atoms with Gasteiger partial charge in [0.1, 0.15) is 11.5 Å². The van der Waals surface area contributed by atoms with Gasteiger partial charge in [0.25, 0.3) is 5.91 Å². The molecule has 1 aromatic heterocycles. The molecule has 16 heavy (non-hydrogen) atoms. The Morgan fingerprint density at radius 1 is 1.50 bits per heavy atom. The molecule has 0 bridgehead atoms. The van der Waals surface area contributed by atoms with Gasteiger partial charge in [-0.25, -0.2) is 0 Å². The summed E-state index contributed by atoms with van der Waals surface area (Å²) < 4.78 is 5.38. The number of halogens is 1. The predicted molar refractivity (Wildman–Crippen MR) is 68.2 cm³/mol. The van der Waals surface area contributed by atoms with E-state index in [4.69, 9.17) is 4.42 Å². The molecular weight excluding hydrogens is 270 g/mol. The van der Waals surface area contributed by atoms with E-state index in [1.807, 2.05) is 31.7 Å². The molecule has 0 unspecified atom stereocenters. The van der Waals surface area contributed by atoms with E-state index >= 15 is 0 Å². The first-order valence-electron chi connectivity index (χ1n) is 5.52. The van der Waals surface area contributed by atoms with Crippen LogP contribution in [0.4, 0.5) is 0 Å². The summed E-state index contributed by atoms with van der Waals surface area (Å²) >= 11 is 3.37. The van der Waals surface area contributed by atoms with Crippen LogP contribution in [0.3, 0.4) is 0 Å². The largest absolute Gasteiger partial charge is 0.466 e. The Hall–Kier alpha value is -0.770. The van der Waals surface area contributed by atoms with Crippen molar-refractivity contribution in [2.45, 2.75) is 27.2 Å². The zero-order valence-electron chi connectivity index (χ0n) is 10.0. The molecule has 0 saturated heterocycles. The topological polar surface area (TPSA) is 33.5 Å². The summed E-state index contributed by atoms with van der Waals surface area (Å²) in [7, 11) is 0. The van der Waals surface area contributed by atoms with Crippen LogP contribution in [-0.4, -0.2) is 29.2 Å². The number of amides is 1. The molecule has 4 heteroatoms. The molecule has 90 valence electrons. The third-order valence-electron chi connectivity index (χ3n) is 2.50. The Labute approximate surface area is 105 Å². The second-order valence-corrected chi connectivity index (χ2v) is 4.55. The number of nitrogens with zero attached hydrogens (tertiary/aromatic N) is 1. The van der Waals surface area contributed by atoms with Crippen molar-refractivity contribution in [3.8, 4) is 0 Å². The molecule has 0 atom stereocenters. The molecule has 0 radical (unpaired) electrons. The highest BCUT2D eigenvalue weighted by Crippen LogP contribution is 2.16. The standard InChI is InChI=1S/C12H18BrNO2/c1-4-14(7-5-6-13)12(15)11-8-9(2)16-10(11)3/h8H,4-7H2,1-3H3. The van der Waals surface area contributed by atoms with Crippen LogP contribution >= 0.6 is 15.9 Å². The summed E-state index contributed by atoms with van der Waals surface area (Å²) in [5.74, 6) is 1.56. The average Bonchev–Trinajstić information content (AvgIpc) is 2.58.